The van der Waals surface area contributed by atoms with Crippen molar-refractivity contribution >= 4 is 17.6 Å². The highest BCUT2D eigenvalue weighted by Gasteiger charge is 2.02. The van der Waals surface area contributed by atoms with Gasteiger partial charge in [0.2, 0.25) is 0 Å². The van der Waals surface area contributed by atoms with Gasteiger partial charge < -0.3 is 0 Å². The Morgan fingerprint density at radius 2 is 1.65 bits per heavy atom. The Morgan fingerprint density at radius 3 is 2.15 bits per heavy atom. The first-order valence-corrected chi connectivity index (χ1v) is 6.45. The molecule has 0 atom stereocenters. The molecule has 0 saturated carbocycles. The van der Waals surface area contributed by atoms with Gasteiger partial charge in [0.1, 0.15) is 0 Å². The number of rotatable bonds is 4. The molecule has 0 heterocycles. The van der Waals surface area contributed by atoms with Gasteiger partial charge in [-0.25, -0.2) is 0 Å². The van der Waals surface area contributed by atoms with E-state index in [1.165, 1.54) is 17.7 Å². The Morgan fingerprint density at radius 1 is 1.05 bits per heavy atom. The van der Waals surface area contributed by atoms with Crippen molar-refractivity contribution in [3.63, 3.8) is 0 Å². The van der Waals surface area contributed by atoms with E-state index in [2.05, 4.69) is 31.0 Å². The zero-order valence-corrected chi connectivity index (χ0v) is 11.5. The first kappa shape index (κ1) is 13.9. The van der Waals surface area contributed by atoms with Gasteiger partial charge in [-0.2, -0.15) is 0 Å². The molecule has 20 heavy (non-hydrogen) atoms. The molecule has 0 aromatic heterocycles. The molecule has 0 saturated heterocycles. The van der Waals surface area contributed by atoms with Crippen LogP contribution in [0.15, 0.2) is 53.5 Å². The summed E-state index contributed by atoms with van der Waals surface area (Å²) in [5, 5.41) is 10.5. The molecule has 0 unspecified atom stereocenters. The Hall–Kier alpha value is -2.49. The third kappa shape index (κ3) is 3.51. The van der Waals surface area contributed by atoms with Crippen LogP contribution >= 0.6 is 0 Å². The largest absolute Gasteiger partial charge is 0.269 e. The van der Waals surface area contributed by atoms with Crippen LogP contribution in [0.4, 0.5) is 11.4 Å². The van der Waals surface area contributed by atoms with E-state index in [0.29, 0.717) is 11.6 Å². The summed E-state index contributed by atoms with van der Waals surface area (Å²) >= 11 is 0. The normalized spacial score (nSPS) is 11.2. The molecule has 0 amide bonds. The average Bonchev–Trinajstić information content (AvgIpc) is 2.46. The molecular formula is C16H16N2O2. The number of non-ortho nitro benzene ring substituents is 1. The number of nitro groups is 1. The fourth-order valence-corrected chi connectivity index (χ4v) is 1.78. The average molecular weight is 268 g/mol. The Balaban J connectivity index is 2.10. The summed E-state index contributed by atoms with van der Waals surface area (Å²) in [6.07, 6.45) is 1.76. The minimum absolute atomic E-state index is 0.0743. The maximum absolute atomic E-state index is 10.5. The molecule has 0 fully saturated rings. The van der Waals surface area contributed by atoms with Gasteiger partial charge in [-0.15, -0.1) is 0 Å². The predicted octanol–water partition coefficient (Wildman–Crippen LogP) is 4.47. The van der Waals surface area contributed by atoms with E-state index in [4.69, 9.17) is 0 Å². The molecule has 2 rings (SSSR count). The van der Waals surface area contributed by atoms with Gasteiger partial charge in [0.15, 0.2) is 0 Å². The Labute approximate surface area is 117 Å². The van der Waals surface area contributed by atoms with Gasteiger partial charge in [0.05, 0.1) is 10.6 Å². The predicted molar refractivity (Wildman–Crippen MR) is 80.9 cm³/mol. The van der Waals surface area contributed by atoms with Crippen molar-refractivity contribution in [1.29, 1.82) is 0 Å². The van der Waals surface area contributed by atoms with Crippen LogP contribution in [0.1, 0.15) is 30.9 Å². The lowest BCUT2D eigenvalue weighted by atomic mass is 10.0. The van der Waals surface area contributed by atoms with Crippen LogP contribution in [0.2, 0.25) is 0 Å². The molecule has 0 spiro atoms. The van der Waals surface area contributed by atoms with E-state index in [-0.39, 0.29) is 5.69 Å². The summed E-state index contributed by atoms with van der Waals surface area (Å²) in [6.45, 7) is 4.31. The highest BCUT2D eigenvalue weighted by molar-refractivity contribution is 5.82. The maximum atomic E-state index is 10.5. The topological polar surface area (TPSA) is 55.5 Å². The maximum Gasteiger partial charge on any atom is 0.269 e. The Bertz CT molecular complexity index is 614. The van der Waals surface area contributed by atoms with Gasteiger partial charge in [-0.1, -0.05) is 38.1 Å². The van der Waals surface area contributed by atoms with Crippen molar-refractivity contribution in [3.05, 3.63) is 69.8 Å². The molecule has 0 aliphatic rings. The summed E-state index contributed by atoms with van der Waals surface area (Å²) < 4.78 is 0. The highest BCUT2D eigenvalue weighted by atomic mass is 16.6. The van der Waals surface area contributed by atoms with Gasteiger partial charge in [-0.3, -0.25) is 15.1 Å². The molecule has 0 radical (unpaired) electrons. The van der Waals surface area contributed by atoms with Gasteiger partial charge in [0.25, 0.3) is 5.69 Å². The SMILES string of the molecule is CC(C)c1ccc(C=Nc2ccc([N+](=O)[O-])cc2)cc1. The van der Waals surface area contributed by atoms with E-state index in [1.807, 2.05) is 12.1 Å². The van der Waals surface area contributed by atoms with E-state index in [1.54, 1.807) is 18.3 Å². The number of nitrogens with zero attached hydrogens (tertiary/aromatic N) is 2. The zero-order chi connectivity index (χ0) is 14.5. The highest BCUT2D eigenvalue weighted by Crippen LogP contribution is 2.18. The van der Waals surface area contributed by atoms with Crippen molar-refractivity contribution in [2.45, 2.75) is 19.8 Å². The van der Waals surface area contributed by atoms with E-state index >= 15 is 0 Å². The molecule has 4 heteroatoms. The second-order valence-electron chi connectivity index (χ2n) is 4.85. The van der Waals surface area contributed by atoms with Gasteiger partial charge in [0, 0.05) is 18.3 Å². The standard InChI is InChI=1S/C16H16N2O2/c1-12(2)14-5-3-13(4-6-14)11-17-15-7-9-16(10-8-15)18(19)20/h3-12H,1-2H3. The molecule has 2 aromatic carbocycles. The van der Waals surface area contributed by atoms with Crippen LogP contribution < -0.4 is 0 Å². The first-order valence-electron chi connectivity index (χ1n) is 6.45. The molecule has 0 aliphatic carbocycles. The lowest BCUT2D eigenvalue weighted by molar-refractivity contribution is -0.384. The summed E-state index contributed by atoms with van der Waals surface area (Å²) in [6, 6.07) is 14.4. The van der Waals surface area contributed by atoms with Crippen LogP contribution in [0.3, 0.4) is 0 Å². The number of benzene rings is 2. The van der Waals surface area contributed by atoms with Crippen molar-refractivity contribution in [3.8, 4) is 0 Å². The van der Waals surface area contributed by atoms with Gasteiger partial charge >= 0.3 is 0 Å². The fourth-order valence-electron chi connectivity index (χ4n) is 1.78. The van der Waals surface area contributed by atoms with Crippen molar-refractivity contribution in [2.24, 2.45) is 4.99 Å². The van der Waals surface area contributed by atoms with E-state index in [9.17, 15) is 10.1 Å². The lowest BCUT2D eigenvalue weighted by Crippen LogP contribution is -1.88. The molecule has 102 valence electrons. The quantitative estimate of drug-likeness (QED) is 0.466. The minimum atomic E-state index is -0.419. The summed E-state index contributed by atoms with van der Waals surface area (Å²) in [5.74, 6) is 0.510. The molecule has 0 aliphatic heterocycles. The number of nitro benzene ring substituents is 1. The van der Waals surface area contributed by atoms with E-state index < -0.39 is 4.92 Å². The van der Waals surface area contributed by atoms with Crippen molar-refractivity contribution in [2.75, 3.05) is 0 Å². The minimum Gasteiger partial charge on any atom is -0.258 e. The summed E-state index contributed by atoms with van der Waals surface area (Å²) in [5.41, 5.74) is 3.07. The van der Waals surface area contributed by atoms with Crippen LogP contribution in [0.5, 0.6) is 0 Å². The second kappa shape index (κ2) is 6.10. The Kier molecular flexibility index (Phi) is 4.25. The molecule has 2 aromatic rings. The van der Waals surface area contributed by atoms with Crippen molar-refractivity contribution in [1.82, 2.24) is 0 Å². The van der Waals surface area contributed by atoms with Crippen LogP contribution in [0.25, 0.3) is 0 Å². The molecule has 0 bridgehead atoms. The van der Waals surface area contributed by atoms with Crippen LogP contribution in [0, 0.1) is 10.1 Å². The smallest absolute Gasteiger partial charge is 0.258 e. The molecule has 0 N–H and O–H groups in total. The number of aliphatic imine (C=N–C) groups is 1. The second-order valence-corrected chi connectivity index (χ2v) is 4.85. The van der Waals surface area contributed by atoms with Crippen molar-refractivity contribution < 1.29 is 4.92 Å². The third-order valence-electron chi connectivity index (χ3n) is 3.03. The first-order chi connectivity index (χ1) is 9.56. The number of hydrogen-bond donors (Lipinski definition) is 0. The van der Waals surface area contributed by atoms with Gasteiger partial charge in [-0.05, 0) is 29.2 Å². The van der Waals surface area contributed by atoms with Crippen LogP contribution in [-0.4, -0.2) is 11.1 Å². The monoisotopic (exact) mass is 268 g/mol. The summed E-state index contributed by atoms with van der Waals surface area (Å²) in [4.78, 5) is 14.4. The molecular weight excluding hydrogens is 252 g/mol. The summed E-state index contributed by atoms with van der Waals surface area (Å²) in [7, 11) is 0. The van der Waals surface area contributed by atoms with E-state index in [0.717, 1.165) is 5.56 Å². The fraction of sp³-hybridized carbons (Fsp3) is 0.188. The third-order valence-corrected chi connectivity index (χ3v) is 3.03. The van der Waals surface area contributed by atoms with Crippen LogP contribution in [-0.2, 0) is 0 Å². The lowest BCUT2D eigenvalue weighted by Gasteiger charge is -2.04. The number of hydrogen-bond acceptors (Lipinski definition) is 3. The molecule has 4 nitrogen and oxygen atoms in total. The zero-order valence-electron chi connectivity index (χ0n) is 11.5.